The van der Waals surface area contributed by atoms with E-state index in [0.29, 0.717) is 0 Å². The fourth-order valence-electron chi connectivity index (χ4n) is 1.74. The summed E-state index contributed by atoms with van der Waals surface area (Å²) in [6, 6.07) is 6.32. The summed E-state index contributed by atoms with van der Waals surface area (Å²) in [5.41, 5.74) is 3.51. The second kappa shape index (κ2) is 5.41. The number of aromatic nitrogens is 3. The molecule has 2 rings (SSSR count). The van der Waals surface area contributed by atoms with E-state index < -0.39 is 0 Å². The van der Waals surface area contributed by atoms with Crippen LogP contribution in [-0.2, 0) is 6.54 Å². The van der Waals surface area contributed by atoms with Crippen molar-refractivity contribution >= 4 is 0 Å². The monoisotopic (exact) mass is 228 g/mol. The summed E-state index contributed by atoms with van der Waals surface area (Å²) in [4.78, 5) is 3.95. The molecule has 1 N–H and O–H groups in total. The Morgan fingerprint density at radius 3 is 3.00 bits per heavy atom. The molecule has 88 valence electrons. The molecule has 0 aliphatic rings. The summed E-state index contributed by atoms with van der Waals surface area (Å²) < 4.78 is 1.77. The molecule has 0 saturated heterocycles. The SMILES string of the molecule is C=CCNCc1ccc(-n2cncn2)c(C)c1. The average molecular weight is 228 g/mol. The molecule has 0 fully saturated rings. The Morgan fingerprint density at radius 1 is 1.47 bits per heavy atom. The van der Waals surface area contributed by atoms with Gasteiger partial charge in [-0.1, -0.05) is 18.2 Å². The summed E-state index contributed by atoms with van der Waals surface area (Å²) in [5, 5.41) is 7.41. The first-order valence-electron chi connectivity index (χ1n) is 5.57. The molecule has 0 saturated carbocycles. The lowest BCUT2D eigenvalue weighted by Gasteiger charge is -2.08. The molecule has 1 heterocycles. The first-order chi connectivity index (χ1) is 8.31. The van der Waals surface area contributed by atoms with E-state index in [2.05, 4.69) is 47.1 Å². The van der Waals surface area contributed by atoms with Crippen LogP contribution in [0, 0.1) is 6.92 Å². The van der Waals surface area contributed by atoms with Crippen LogP contribution in [0.25, 0.3) is 5.69 Å². The highest BCUT2D eigenvalue weighted by Crippen LogP contribution is 2.14. The highest BCUT2D eigenvalue weighted by Gasteiger charge is 2.02. The van der Waals surface area contributed by atoms with Gasteiger partial charge < -0.3 is 5.32 Å². The van der Waals surface area contributed by atoms with Gasteiger partial charge in [-0.05, 0) is 24.1 Å². The van der Waals surface area contributed by atoms with Crippen molar-refractivity contribution in [2.45, 2.75) is 13.5 Å². The number of nitrogens with zero attached hydrogens (tertiary/aromatic N) is 3. The first-order valence-corrected chi connectivity index (χ1v) is 5.57. The fraction of sp³-hybridized carbons (Fsp3) is 0.231. The molecule has 0 atom stereocenters. The number of hydrogen-bond acceptors (Lipinski definition) is 3. The largest absolute Gasteiger partial charge is 0.309 e. The van der Waals surface area contributed by atoms with Gasteiger partial charge in [0.1, 0.15) is 12.7 Å². The summed E-state index contributed by atoms with van der Waals surface area (Å²) in [7, 11) is 0. The quantitative estimate of drug-likeness (QED) is 0.627. The highest BCUT2D eigenvalue weighted by molar-refractivity contribution is 5.41. The van der Waals surface area contributed by atoms with Crippen LogP contribution in [0.4, 0.5) is 0 Å². The van der Waals surface area contributed by atoms with Crippen LogP contribution in [0.5, 0.6) is 0 Å². The zero-order valence-electron chi connectivity index (χ0n) is 9.93. The van der Waals surface area contributed by atoms with Gasteiger partial charge in [-0.3, -0.25) is 0 Å². The van der Waals surface area contributed by atoms with Crippen LogP contribution in [0.1, 0.15) is 11.1 Å². The van der Waals surface area contributed by atoms with Crippen LogP contribution in [-0.4, -0.2) is 21.3 Å². The van der Waals surface area contributed by atoms with Crippen molar-refractivity contribution in [2.24, 2.45) is 0 Å². The Morgan fingerprint density at radius 2 is 2.35 bits per heavy atom. The number of nitrogens with one attached hydrogen (secondary N) is 1. The van der Waals surface area contributed by atoms with E-state index in [1.54, 1.807) is 17.3 Å². The van der Waals surface area contributed by atoms with Crippen molar-refractivity contribution in [3.05, 3.63) is 54.6 Å². The predicted molar refractivity (Wildman–Crippen MR) is 68.0 cm³/mol. The smallest absolute Gasteiger partial charge is 0.138 e. The van der Waals surface area contributed by atoms with Gasteiger partial charge in [0.05, 0.1) is 5.69 Å². The maximum absolute atomic E-state index is 4.13. The molecule has 0 spiro atoms. The predicted octanol–water partition coefficient (Wildman–Crippen LogP) is 1.85. The van der Waals surface area contributed by atoms with E-state index in [1.165, 1.54) is 11.1 Å². The molecule has 2 aromatic rings. The summed E-state index contributed by atoms with van der Waals surface area (Å²) in [6.07, 6.45) is 5.10. The fourth-order valence-corrected chi connectivity index (χ4v) is 1.74. The Bertz CT molecular complexity index is 488. The molecule has 4 heteroatoms. The first kappa shape index (κ1) is 11.5. The molecule has 0 unspecified atom stereocenters. The minimum Gasteiger partial charge on any atom is -0.309 e. The van der Waals surface area contributed by atoms with Gasteiger partial charge in [-0.2, -0.15) is 5.10 Å². The normalized spacial score (nSPS) is 10.4. The van der Waals surface area contributed by atoms with Crippen molar-refractivity contribution < 1.29 is 0 Å². The van der Waals surface area contributed by atoms with Crippen LogP contribution in [0.3, 0.4) is 0 Å². The van der Waals surface area contributed by atoms with E-state index in [9.17, 15) is 0 Å². The lowest BCUT2D eigenvalue weighted by molar-refractivity contribution is 0.758. The Balaban J connectivity index is 2.14. The molecule has 17 heavy (non-hydrogen) atoms. The Kier molecular flexibility index (Phi) is 3.67. The minimum absolute atomic E-state index is 0.823. The van der Waals surface area contributed by atoms with E-state index in [-0.39, 0.29) is 0 Å². The van der Waals surface area contributed by atoms with Gasteiger partial charge in [0.2, 0.25) is 0 Å². The van der Waals surface area contributed by atoms with E-state index in [1.807, 2.05) is 6.08 Å². The van der Waals surface area contributed by atoms with Crippen molar-refractivity contribution in [1.29, 1.82) is 0 Å². The second-order valence-corrected chi connectivity index (χ2v) is 3.88. The van der Waals surface area contributed by atoms with E-state index >= 15 is 0 Å². The van der Waals surface area contributed by atoms with Gasteiger partial charge in [-0.15, -0.1) is 6.58 Å². The number of hydrogen-bond donors (Lipinski definition) is 1. The molecule has 4 nitrogen and oxygen atoms in total. The van der Waals surface area contributed by atoms with Crippen molar-refractivity contribution in [2.75, 3.05) is 6.54 Å². The van der Waals surface area contributed by atoms with Gasteiger partial charge in [0.15, 0.2) is 0 Å². The third-order valence-electron chi connectivity index (χ3n) is 2.54. The molecular formula is C13H16N4. The van der Waals surface area contributed by atoms with Crippen LogP contribution in [0.2, 0.25) is 0 Å². The van der Waals surface area contributed by atoms with Crippen LogP contribution in [0.15, 0.2) is 43.5 Å². The highest BCUT2D eigenvalue weighted by atomic mass is 15.3. The summed E-state index contributed by atoms with van der Waals surface area (Å²) in [6.45, 7) is 7.43. The van der Waals surface area contributed by atoms with Crippen molar-refractivity contribution in [3.8, 4) is 5.69 Å². The number of aryl methyl sites for hydroxylation is 1. The Hall–Kier alpha value is -1.94. The lowest BCUT2D eigenvalue weighted by Crippen LogP contribution is -2.12. The molecule has 0 amide bonds. The molecule has 1 aromatic heterocycles. The van der Waals surface area contributed by atoms with Crippen molar-refractivity contribution in [1.82, 2.24) is 20.1 Å². The molecule has 0 aliphatic carbocycles. The van der Waals surface area contributed by atoms with Gasteiger partial charge in [-0.25, -0.2) is 9.67 Å². The number of benzene rings is 1. The van der Waals surface area contributed by atoms with Gasteiger partial charge in [0, 0.05) is 13.1 Å². The topological polar surface area (TPSA) is 42.7 Å². The zero-order valence-corrected chi connectivity index (χ0v) is 9.93. The average Bonchev–Trinajstić information content (AvgIpc) is 2.83. The second-order valence-electron chi connectivity index (χ2n) is 3.88. The van der Waals surface area contributed by atoms with Gasteiger partial charge >= 0.3 is 0 Å². The zero-order chi connectivity index (χ0) is 12.1. The summed E-state index contributed by atoms with van der Waals surface area (Å²) >= 11 is 0. The standard InChI is InChI=1S/C13H16N4/c1-3-6-14-8-12-4-5-13(11(2)7-12)17-10-15-9-16-17/h3-5,7,9-10,14H,1,6,8H2,2H3. The molecular weight excluding hydrogens is 212 g/mol. The minimum atomic E-state index is 0.823. The third kappa shape index (κ3) is 2.79. The molecule has 0 aliphatic heterocycles. The summed E-state index contributed by atoms with van der Waals surface area (Å²) in [5.74, 6) is 0. The number of rotatable bonds is 5. The Labute approximate surface area is 101 Å². The molecule has 0 bridgehead atoms. The third-order valence-corrected chi connectivity index (χ3v) is 2.54. The van der Waals surface area contributed by atoms with Crippen molar-refractivity contribution in [3.63, 3.8) is 0 Å². The van der Waals surface area contributed by atoms with E-state index in [0.717, 1.165) is 18.8 Å². The molecule has 1 aromatic carbocycles. The lowest BCUT2D eigenvalue weighted by atomic mass is 10.1. The van der Waals surface area contributed by atoms with Crippen LogP contribution >= 0.6 is 0 Å². The van der Waals surface area contributed by atoms with E-state index in [4.69, 9.17) is 0 Å². The maximum atomic E-state index is 4.13. The maximum Gasteiger partial charge on any atom is 0.138 e. The molecule has 0 radical (unpaired) electrons. The van der Waals surface area contributed by atoms with Crippen LogP contribution < -0.4 is 5.32 Å². The van der Waals surface area contributed by atoms with Gasteiger partial charge in [0.25, 0.3) is 0 Å².